The second-order valence-corrected chi connectivity index (χ2v) is 7.36. The highest BCUT2D eigenvalue weighted by atomic mass is 16.3. The monoisotopic (exact) mass is 374 g/mol. The van der Waals surface area contributed by atoms with Crippen molar-refractivity contribution in [3.8, 4) is 0 Å². The molecule has 8 nitrogen and oxygen atoms in total. The lowest BCUT2D eigenvalue weighted by Crippen LogP contribution is -2.50. The minimum absolute atomic E-state index is 0.113. The number of rotatable bonds is 5. The number of β-amino-alcohol motifs (C(OH)–C–C–N with tert-alkyl or cyclic N) is 1. The number of aliphatic hydroxyl groups is 1. The maximum absolute atomic E-state index is 12.5. The van der Waals surface area contributed by atoms with Crippen LogP contribution < -0.4 is 5.32 Å². The third-order valence-electron chi connectivity index (χ3n) is 4.85. The average molecular weight is 374 g/mol. The number of piperazine rings is 1. The number of anilines is 1. The number of urea groups is 1. The molecule has 0 spiro atoms. The van der Waals surface area contributed by atoms with E-state index in [4.69, 9.17) is 5.11 Å². The predicted molar refractivity (Wildman–Crippen MR) is 101 cm³/mol. The van der Waals surface area contributed by atoms with Gasteiger partial charge in [0, 0.05) is 45.0 Å². The van der Waals surface area contributed by atoms with Crippen molar-refractivity contribution in [1.82, 2.24) is 14.7 Å². The molecule has 2 N–H and O–H groups in total. The Morgan fingerprint density at radius 3 is 2.41 bits per heavy atom. The van der Waals surface area contributed by atoms with Gasteiger partial charge in [-0.15, -0.1) is 0 Å². The van der Waals surface area contributed by atoms with Crippen LogP contribution in [0.5, 0.6) is 0 Å². The molecular weight excluding hydrogens is 348 g/mol. The van der Waals surface area contributed by atoms with E-state index in [9.17, 15) is 14.4 Å². The van der Waals surface area contributed by atoms with Crippen LogP contribution >= 0.6 is 0 Å². The largest absolute Gasteiger partial charge is 0.395 e. The highest BCUT2D eigenvalue weighted by molar-refractivity contribution is 6.21. The van der Waals surface area contributed by atoms with Crippen LogP contribution in [-0.2, 0) is 0 Å². The molecular formula is C19H26N4O4. The first kappa shape index (κ1) is 19.3. The molecule has 0 unspecified atom stereocenters. The van der Waals surface area contributed by atoms with Crippen molar-refractivity contribution in [2.75, 3.05) is 51.2 Å². The summed E-state index contributed by atoms with van der Waals surface area (Å²) in [6.45, 7) is 7.61. The number of aliphatic hydroxyl groups excluding tert-OH is 1. The lowest BCUT2D eigenvalue weighted by atomic mass is 10.1. The first-order valence-corrected chi connectivity index (χ1v) is 9.30. The zero-order valence-electron chi connectivity index (χ0n) is 15.8. The number of carbonyl (C=O) groups is 3. The van der Waals surface area contributed by atoms with E-state index in [0.717, 1.165) is 13.1 Å². The minimum atomic E-state index is -0.308. The van der Waals surface area contributed by atoms with Crippen LogP contribution in [0.4, 0.5) is 10.5 Å². The summed E-state index contributed by atoms with van der Waals surface area (Å²) in [5.74, 6) is -0.394. The summed E-state index contributed by atoms with van der Waals surface area (Å²) >= 11 is 0. The second kappa shape index (κ2) is 8.06. The zero-order chi connectivity index (χ0) is 19.6. The summed E-state index contributed by atoms with van der Waals surface area (Å²) in [6, 6.07) is 4.61. The third kappa shape index (κ3) is 4.12. The van der Waals surface area contributed by atoms with E-state index in [1.807, 2.05) is 13.8 Å². The normalized spacial score (nSPS) is 17.6. The van der Waals surface area contributed by atoms with Gasteiger partial charge in [0.25, 0.3) is 11.8 Å². The summed E-state index contributed by atoms with van der Waals surface area (Å²) in [5, 5.41) is 11.8. The van der Waals surface area contributed by atoms with Crippen molar-refractivity contribution in [3.63, 3.8) is 0 Å². The van der Waals surface area contributed by atoms with E-state index in [0.29, 0.717) is 43.0 Å². The number of hydrogen-bond acceptors (Lipinski definition) is 5. The highest BCUT2D eigenvalue weighted by Gasteiger charge is 2.36. The molecule has 8 heteroatoms. The van der Waals surface area contributed by atoms with Crippen LogP contribution in [0.3, 0.4) is 0 Å². The molecule has 2 aliphatic rings. The first-order valence-electron chi connectivity index (χ1n) is 9.30. The van der Waals surface area contributed by atoms with Gasteiger partial charge in [-0.1, -0.05) is 13.8 Å². The molecule has 4 amide bonds. The molecule has 1 aromatic carbocycles. The van der Waals surface area contributed by atoms with Crippen LogP contribution in [0.2, 0.25) is 0 Å². The fourth-order valence-electron chi connectivity index (χ4n) is 3.42. The molecule has 0 atom stereocenters. The van der Waals surface area contributed by atoms with Gasteiger partial charge in [-0.05, 0) is 24.1 Å². The van der Waals surface area contributed by atoms with Crippen molar-refractivity contribution in [3.05, 3.63) is 29.3 Å². The molecule has 1 saturated heterocycles. The topological polar surface area (TPSA) is 93.2 Å². The molecule has 0 aromatic heterocycles. The van der Waals surface area contributed by atoms with Gasteiger partial charge in [0.05, 0.1) is 17.7 Å². The lowest BCUT2D eigenvalue weighted by molar-refractivity contribution is 0.0636. The molecule has 0 saturated carbocycles. The van der Waals surface area contributed by atoms with Crippen LogP contribution in [0, 0.1) is 5.92 Å². The highest BCUT2D eigenvalue weighted by Crippen LogP contribution is 2.26. The van der Waals surface area contributed by atoms with Crippen molar-refractivity contribution in [2.24, 2.45) is 5.92 Å². The second-order valence-electron chi connectivity index (χ2n) is 7.36. The number of amides is 4. The Hall–Kier alpha value is -2.45. The zero-order valence-corrected chi connectivity index (χ0v) is 15.8. The molecule has 1 fully saturated rings. The molecule has 0 radical (unpaired) electrons. The van der Waals surface area contributed by atoms with Crippen LogP contribution in [0.1, 0.15) is 34.6 Å². The number of imide groups is 1. The number of carbonyl (C=O) groups excluding carboxylic acids is 3. The van der Waals surface area contributed by atoms with Gasteiger partial charge in [-0.25, -0.2) is 4.79 Å². The smallest absolute Gasteiger partial charge is 0.321 e. The van der Waals surface area contributed by atoms with Crippen LogP contribution in [-0.4, -0.2) is 83.5 Å². The van der Waals surface area contributed by atoms with Gasteiger partial charge in [0.2, 0.25) is 0 Å². The SMILES string of the molecule is CC(C)CN1C(=O)c2ccc(NC(=O)N3CCN(CCO)CC3)cc2C1=O. The van der Waals surface area contributed by atoms with Crippen molar-refractivity contribution in [2.45, 2.75) is 13.8 Å². The summed E-state index contributed by atoms with van der Waals surface area (Å²) < 4.78 is 0. The maximum Gasteiger partial charge on any atom is 0.321 e. The number of benzene rings is 1. The Morgan fingerprint density at radius 2 is 1.78 bits per heavy atom. The summed E-state index contributed by atoms with van der Waals surface area (Å²) in [4.78, 5) is 42.5. The van der Waals surface area contributed by atoms with E-state index in [1.165, 1.54) is 4.90 Å². The molecule has 0 aliphatic carbocycles. The van der Waals surface area contributed by atoms with E-state index in [-0.39, 0.29) is 30.4 Å². The van der Waals surface area contributed by atoms with Crippen molar-refractivity contribution in [1.29, 1.82) is 0 Å². The number of hydrogen-bond donors (Lipinski definition) is 2. The van der Waals surface area contributed by atoms with Gasteiger partial charge in [0.15, 0.2) is 0 Å². The standard InChI is InChI=1S/C19H26N4O4/c1-13(2)12-23-17(25)15-4-3-14(11-16(15)18(23)26)20-19(27)22-7-5-21(6-8-22)9-10-24/h3-4,11,13,24H,5-10,12H2,1-2H3,(H,20,27). The van der Waals surface area contributed by atoms with Crippen LogP contribution in [0.25, 0.3) is 0 Å². The molecule has 2 aliphatic heterocycles. The molecule has 0 bridgehead atoms. The lowest BCUT2D eigenvalue weighted by Gasteiger charge is -2.34. The quantitative estimate of drug-likeness (QED) is 0.753. The van der Waals surface area contributed by atoms with Crippen molar-refractivity contribution < 1.29 is 19.5 Å². The maximum atomic E-state index is 12.5. The Bertz CT molecular complexity index is 741. The number of nitrogens with zero attached hydrogens (tertiary/aromatic N) is 3. The van der Waals surface area contributed by atoms with Gasteiger partial charge < -0.3 is 15.3 Å². The third-order valence-corrected chi connectivity index (χ3v) is 4.85. The van der Waals surface area contributed by atoms with Crippen molar-refractivity contribution >= 4 is 23.5 Å². The number of nitrogens with one attached hydrogen (secondary N) is 1. The molecule has 1 aromatic rings. The fraction of sp³-hybridized carbons (Fsp3) is 0.526. The van der Waals surface area contributed by atoms with Gasteiger partial charge >= 0.3 is 6.03 Å². The van der Waals surface area contributed by atoms with Gasteiger partial charge in [-0.2, -0.15) is 0 Å². The van der Waals surface area contributed by atoms with Gasteiger partial charge in [-0.3, -0.25) is 19.4 Å². The average Bonchev–Trinajstić information content (AvgIpc) is 2.87. The Kier molecular flexibility index (Phi) is 5.76. The fourth-order valence-corrected chi connectivity index (χ4v) is 3.42. The Morgan fingerprint density at radius 1 is 1.11 bits per heavy atom. The van der Waals surface area contributed by atoms with E-state index < -0.39 is 0 Å². The van der Waals surface area contributed by atoms with Crippen LogP contribution in [0.15, 0.2) is 18.2 Å². The molecule has 146 valence electrons. The minimum Gasteiger partial charge on any atom is -0.395 e. The van der Waals surface area contributed by atoms with E-state index in [1.54, 1.807) is 23.1 Å². The predicted octanol–water partition coefficient (Wildman–Crippen LogP) is 1.08. The van der Waals surface area contributed by atoms with E-state index in [2.05, 4.69) is 10.2 Å². The van der Waals surface area contributed by atoms with Gasteiger partial charge in [0.1, 0.15) is 0 Å². The first-order chi connectivity index (χ1) is 12.9. The van der Waals surface area contributed by atoms with E-state index >= 15 is 0 Å². The molecule has 27 heavy (non-hydrogen) atoms. The Balaban J connectivity index is 1.65. The summed E-state index contributed by atoms with van der Waals surface area (Å²) in [7, 11) is 0. The summed E-state index contributed by atoms with van der Waals surface area (Å²) in [5.41, 5.74) is 1.23. The molecule has 3 rings (SSSR count). The number of fused-ring (bicyclic) bond motifs is 1. The Labute approximate surface area is 158 Å². The molecule has 2 heterocycles. The summed E-state index contributed by atoms with van der Waals surface area (Å²) in [6.07, 6.45) is 0.